The summed E-state index contributed by atoms with van der Waals surface area (Å²) in [5, 5.41) is 34.5. The van der Waals surface area contributed by atoms with Crippen molar-refractivity contribution < 1.29 is 15.0 Å². The molecule has 194 valence electrons. The van der Waals surface area contributed by atoms with Crippen molar-refractivity contribution >= 4 is 45.9 Å². The van der Waals surface area contributed by atoms with Gasteiger partial charge in [0.1, 0.15) is 6.23 Å². The van der Waals surface area contributed by atoms with Crippen LogP contribution in [0.25, 0.3) is 0 Å². The van der Waals surface area contributed by atoms with Crippen LogP contribution in [-0.4, -0.2) is 72.0 Å². The van der Waals surface area contributed by atoms with Gasteiger partial charge in [0, 0.05) is 61.2 Å². The SMILES string of the molecule is O=[N+]([O-])/C=C1\NCCN1Cc1cnc(Cl)s1.O=[N+]([O-])C1=C2N(Cc3cnc(Cl)s3)CCN2C(O)CC1. The van der Waals surface area contributed by atoms with E-state index in [0.717, 1.165) is 22.5 Å². The molecule has 5 rings (SSSR count). The molecule has 0 saturated carbocycles. The summed E-state index contributed by atoms with van der Waals surface area (Å²) in [7, 11) is 0. The van der Waals surface area contributed by atoms with Crippen LogP contribution < -0.4 is 5.32 Å². The molecule has 5 heterocycles. The molecular formula is C19H22Cl2N8O5S2. The number of nitrogens with one attached hydrogen (secondary N) is 1. The molecule has 1 atom stereocenters. The van der Waals surface area contributed by atoms with Gasteiger partial charge in [0.05, 0.1) is 22.9 Å². The van der Waals surface area contributed by atoms with E-state index >= 15 is 0 Å². The number of nitro groups is 2. The average Bonchev–Trinajstić information content (AvgIpc) is 3.60. The summed E-state index contributed by atoms with van der Waals surface area (Å²) in [5.74, 6) is 1.08. The van der Waals surface area contributed by atoms with Crippen molar-refractivity contribution in [3.05, 3.63) is 74.8 Å². The van der Waals surface area contributed by atoms with Gasteiger partial charge in [-0.25, -0.2) is 9.97 Å². The molecule has 0 spiro atoms. The Bertz CT molecular complexity index is 1190. The van der Waals surface area contributed by atoms with Crippen molar-refractivity contribution in [2.75, 3.05) is 26.2 Å². The summed E-state index contributed by atoms with van der Waals surface area (Å²) >= 11 is 14.3. The first-order valence-electron chi connectivity index (χ1n) is 10.8. The van der Waals surface area contributed by atoms with E-state index in [-0.39, 0.29) is 10.6 Å². The molecule has 2 aromatic heterocycles. The highest BCUT2D eigenvalue weighted by Gasteiger charge is 2.40. The second-order valence-corrected chi connectivity index (χ2v) is 11.4. The van der Waals surface area contributed by atoms with Crippen LogP contribution in [0.5, 0.6) is 0 Å². The van der Waals surface area contributed by atoms with Crippen molar-refractivity contribution in [3.63, 3.8) is 0 Å². The van der Waals surface area contributed by atoms with E-state index in [4.69, 9.17) is 23.2 Å². The molecule has 17 heteroatoms. The first-order chi connectivity index (χ1) is 17.2. The van der Waals surface area contributed by atoms with Crippen LogP contribution in [0.15, 0.2) is 35.9 Å². The summed E-state index contributed by atoms with van der Waals surface area (Å²) in [6, 6.07) is 0. The maximum Gasteiger partial charge on any atom is 0.286 e. The number of fused-ring (bicyclic) bond motifs is 1. The number of hydrogen-bond donors (Lipinski definition) is 2. The number of thiazole rings is 2. The van der Waals surface area contributed by atoms with Gasteiger partial charge in [-0.15, -0.1) is 22.7 Å². The molecule has 36 heavy (non-hydrogen) atoms. The fraction of sp³-hybridized carbons (Fsp3) is 0.474. The maximum atomic E-state index is 11.2. The minimum Gasteiger partial charge on any atom is -0.374 e. The molecule has 0 bridgehead atoms. The van der Waals surface area contributed by atoms with Gasteiger partial charge in [-0.1, -0.05) is 23.2 Å². The fourth-order valence-electron chi connectivity index (χ4n) is 4.15. The smallest absolute Gasteiger partial charge is 0.286 e. The maximum absolute atomic E-state index is 11.2. The van der Waals surface area contributed by atoms with Crippen LogP contribution >= 0.6 is 45.9 Å². The molecule has 3 aliphatic rings. The van der Waals surface area contributed by atoms with Crippen molar-refractivity contribution in [2.24, 2.45) is 0 Å². The Balaban J connectivity index is 0.000000174. The molecule has 0 amide bonds. The van der Waals surface area contributed by atoms with Gasteiger partial charge in [0.2, 0.25) is 0 Å². The number of nitrogens with zero attached hydrogens (tertiary/aromatic N) is 7. The number of hydrogen-bond acceptors (Lipinski definition) is 13. The van der Waals surface area contributed by atoms with Crippen molar-refractivity contribution in [1.29, 1.82) is 0 Å². The lowest BCUT2D eigenvalue weighted by atomic mass is 10.1. The van der Waals surface area contributed by atoms with E-state index in [1.54, 1.807) is 17.3 Å². The Morgan fingerprint density at radius 2 is 1.72 bits per heavy atom. The predicted molar refractivity (Wildman–Crippen MR) is 134 cm³/mol. The molecule has 0 radical (unpaired) electrons. The molecule has 3 aliphatic heterocycles. The Labute approximate surface area is 223 Å². The summed E-state index contributed by atoms with van der Waals surface area (Å²) in [4.78, 5) is 36.2. The number of rotatable bonds is 6. The van der Waals surface area contributed by atoms with Crippen LogP contribution in [0.3, 0.4) is 0 Å². The van der Waals surface area contributed by atoms with Crippen molar-refractivity contribution in [2.45, 2.75) is 32.2 Å². The van der Waals surface area contributed by atoms with Gasteiger partial charge >= 0.3 is 0 Å². The van der Waals surface area contributed by atoms with E-state index in [2.05, 4.69) is 15.3 Å². The zero-order valence-electron chi connectivity index (χ0n) is 18.7. The molecule has 13 nitrogen and oxygen atoms in total. The molecule has 2 fully saturated rings. The highest BCUT2D eigenvalue weighted by Crippen LogP contribution is 2.34. The third-order valence-corrected chi connectivity index (χ3v) is 7.86. The van der Waals surface area contributed by atoms with Gasteiger partial charge in [-0.3, -0.25) is 20.2 Å². The number of allylic oxidation sites excluding steroid dienone is 1. The van der Waals surface area contributed by atoms with Crippen molar-refractivity contribution in [3.8, 4) is 0 Å². The Morgan fingerprint density at radius 1 is 1.08 bits per heavy atom. The van der Waals surface area contributed by atoms with Gasteiger partial charge in [-0.2, -0.15) is 0 Å². The van der Waals surface area contributed by atoms with Gasteiger partial charge in [0.15, 0.2) is 20.6 Å². The normalized spacial score (nSPS) is 20.4. The molecule has 2 saturated heterocycles. The highest BCUT2D eigenvalue weighted by molar-refractivity contribution is 7.16. The zero-order valence-corrected chi connectivity index (χ0v) is 21.9. The van der Waals surface area contributed by atoms with E-state index in [1.165, 1.54) is 22.7 Å². The summed E-state index contributed by atoms with van der Waals surface area (Å²) in [5.41, 5.74) is 0.184. The molecule has 0 aromatic carbocycles. The average molecular weight is 577 g/mol. The largest absolute Gasteiger partial charge is 0.374 e. The van der Waals surface area contributed by atoms with Gasteiger partial charge < -0.3 is 25.1 Å². The summed E-state index contributed by atoms with van der Waals surface area (Å²) in [6.07, 6.45) is 4.41. The van der Waals surface area contributed by atoms with Gasteiger partial charge in [0.25, 0.3) is 11.9 Å². The minimum absolute atomic E-state index is 0.184. The van der Waals surface area contributed by atoms with Crippen LogP contribution in [-0.2, 0) is 13.1 Å². The van der Waals surface area contributed by atoms with Crippen LogP contribution in [0, 0.1) is 20.2 Å². The van der Waals surface area contributed by atoms with Crippen LogP contribution in [0.4, 0.5) is 0 Å². The lowest BCUT2D eigenvalue weighted by Gasteiger charge is -2.31. The number of aliphatic hydroxyl groups is 1. The van der Waals surface area contributed by atoms with E-state index in [1.807, 2.05) is 9.80 Å². The Kier molecular flexibility index (Phi) is 8.46. The molecule has 0 aliphatic carbocycles. The number of halogens is 2. The van der Waals surface area contributed by atoms with E-state index in [0.29, 0.717) is 66.1 Å². The topological polar surface area (TPSA) is 154 Å². The second-order valence-electron chi connectivity index (χ2n) is 7.97. The third kappa shape index (κ3) is 6.34. The molecule has 2 N–H and O–H groups in total. The minimum atomic E-state index is -0.635. The fourth-order valence-corrected chi connectivity index (χ4v) is 6.14. The summed E-state index contributed by atoms with van der Waals surface area (Å²) in [6.45, 7) is 3.83. The Morgan fingerprint density at radius 3 is 2.28 bits per heavy atom. The first-order valence-corrected chi connectivity index (χ1v) is 13.2. The predicted octanol–water partition coefficient (Wildman–Crippen LogP) is 2.75. The first kappa shape index (κ1) is 26.3. The molecule has 1 unspecified atom stereocenters. The van der Waals surface area contributed by atoms with E-state index < -0.39 is 11.2 Å². The quantitative estimate of drug-likeness (QED) is 0.385. The van der Waals surface area contributed by atoms with Crippen LogP contribution in [0.2, 0.25) is 8.93 Å². The van der Waals surface area contributed by atoms with Crippen LogP contribution in [0.1, 0.15) is 22.6 Å². The number of aromatic nitrogens is 2. The second kappa shape index (κ2) is 11.6. The van der Waals surface area contributed by atoms with Crippen molar-refractivity contribution in [1.82, 2.24) is 30.0 Å². The lowest BCUT2D eigenvalue weighted by molar-refractivity contribution is -0.433. The molecular weight excluding hydrogens is 555 g/mol. The zero-order chi connectivity index (χ0) is 25.8. The number of aliphatic hydroxyl groups excluding tert-OH is 1. The Hall–Kier alpha value is -2.72. The third-order valence-electron chi connectivity index (χ3n) is 5.66. The van der Waals surface area contributed by atoms with E-state index in [9.17, 15) is 25.3 Å². The molecule has 2 aromatic rings. The summed E-state index contributed by atoms with van der Waals surface area (Å²) < 4.78 is 0.949. The monoisotopic (exact) mass is 576 g/mol. The lowest BCUT2D eigenvalue weighted by Crippen LogP contribution is -2.38. The van der Waals surface area contributed by atoms with Gasteiger partial charge in [-0.05, 0) is 0 Å². The highest BCUT2D eigenvalue weighted by atomic mass is 35.5. The standard InChI is InChI=1S/C11H13ClN4O3S.C8H9ClN4O2S/c12-11-13-5-7(20-11)6-14-3-4-15-9(17)2-1-8(10(14)15)16(18)19;9-8-11-3-6(16-8)4-12-2-1-10-7(12)5-13(14)15/h5,9,17H,1-4,6H2;3,5,10H,1-2,4H2/b;7-5+.